The summed E-state index contributed by atoms with van der Waals surface area (Å²) in [6.45, 7) is 4.23. The lowest BCUT2D eigenvalue weighted by atomic mass is 10.2. The number of aromatic nitrogens is 2. The van der Waals surface area contributed by atoms with Crippen LogP contribution in [0.1, 0.15) is 19.4 Å². The number of thiol groups is 1. The molecule has 0 amide bonds. The zero-order chi connectivity index (χ0) is 13.8. The summed E-state index contributed by atoms with van der Waals surface area (Å²) in [5.74, 6) is 1.22. The number of rotatable bonds is 5. The molecule has 2 rings (SSSR count). The predicted molar refractivity (Wildman–Crippen MR) is 78.2 cm³/mol. The molecule has 0 saturated heterocycles. The molecule has 0 aliphatic rings. The molecule has 0 radical (unpaired) electrons. The fourth-order valence-electron chi connectivity index (χ4n) is 1.56. The Morgan fingerprint density at radius 1 is 1.37 bits per heavy atom. The second-order valence-electron chi connectivity index (χ2n) is 4.25. The Labute approximate surface area is 122 Å². The molecule has 0 aliphatic carbocycles. The number of hydrogen-bond donors (Lipinski definition) is 1. The van der Waals surface area contributed by atoms with Crippen LogP contribution >= 0.6 is 24.4 Å². The Morgan fingerprint density at radius 2 is 2.16 bits per heavy atom. The fraction of sp³-hybridized carbons (Fsp3) is 0.308. The number of ether oxygens (including phenoxy) is 2. The van der Waals surface area contributed by atoms with Crippen molar-refractivity contribution in [2.75, 3.05) is 0 Å². The van der Waals surface area contributed by atoms with Gasteiger partial charge in [-0.15, -0.1) is 5.10 Å². The minimum Gasteiger partial charge on any atom is -0.491 e. The molecule has 1 aromatic heterocycles. The Balaban J connectivity index is 2.14. The maximum Gasteiger partial charge on any atom is 0.234 e. The first-order chi connectivity index (χ1) is 9.06. The van der Waals surface area contributed by atoms with Gasteiger partial charge in [-0.25, -0.2) is 4.09 Å². The highest BCUT2D eigenvalue weighted by molar-refractivity contribution is 7.78. The second-order valence-corrected chi connectivity index (χ2v) is 5.06. The van der Waals surface area contributed by atoms with Gasteiger partial charge in [0.15, 0.2) is 0 Å². The third-order valence-corrected chi connectivity index (χ3v) is 2.93. The van der Waals surface area contributed by atoms with Crippen LogP contribution in [-0.4, -0.2) is 15.3 Å². The molecule has 0 unspecified atom stereocenters. The minimum absolute atomic E-state index is 0.0777. The lowest BCUT2D eigenvalue weighted by Gasteiger charge is -2.15. The van der Waals surface area contributed by atoms with E-state index in [0.29, 0.717) is 17.5 Å². The molecule has 0 spiro atoms. The first-order valence-corrected chi connectivity index (χ1v) is 6.66. The van der Waals surface area contributed by atoms with Crippen LogP contribution < -0.4 is 9.47 Å². The number of benzene rings is 1. The highest BCUT2D eigenvalue weighted by Gasteiger charge is 2.11. The van der Waals surface area contributed by atoms with E-state index in [0.717, 1.165) is 11.3 Å². The van der Waals surface area contributed by atoms with Gasteiger partial charge in [0, 0.05) is 12.3 Å². The molecule has 102 valence electrons. The number of halogens is 1. The molecule has 0 atom stereocenters. The Hall–Kier alpha value is -1.33. The Bertz CT molecular complexity index is 557. The highest BCUT2D eigenvalue weighted by atomic mass is 35.5. The predicted octanol–water partition coefficient (Wildman–Crippen LogP) is 3.60. The van der Waals surface area contributed by atoms with E-state index in [1.54, 1.807) is 12.3 Å². The molecule has 6 heteroatoms. The molecule has 2 aromatic rings. The molecule has 1 aromatic carbocycles. The summed E-state index contributed by atoms with van der Waals surface area (Å²) in [6, 6.07) is 7.27. The average molecular weight is 299 g/mol. The number of hydrogen-bond acceptors (Lipinski definition) is 4. The van der Waals surface area contributed by atoms with Crippen LogP contribution in [0.4, 0.5) is 0 Å². The standard InChI is InChI=1S/C13H15ClN2O2S/c1-9(2)18-12-5-3-4-11(14)10(12)8-17-13-6-7-16(19)15-13/h3-7,9,19H,8H2,1-2H3. The van der Waals surface area contributed by atoms with Gasteiger partial charge < -0.3 is 9.47 Å². The van der Waals surface area contributed by atoms with E-state index in [1.165, 1.54) is 4.09 Å². The summed E-state index contributed by atoms with van der Waals surface area (Å²) in [6.07, 6.45) is 1.77. The quantitative estimate of drug-likeness (QED) is 0.857. The molecule has 4 nitrogen and oxygen atoms in total. The Kier molecular flexibility index (Phi) is 4.61. The molecular weight excluding hydrogens is 284 g/mol. The second kappa shape index (κ2) is 6.21. The topological polar surface area (TPSA) is 36.3 Å². The van der Waals surface area contributed by atoms with E-state index in [-0.39, 0.29) is 6.10 Å². The summed E-state index contributed by atoms with van der Waals surface area (Å²) >= 11 is 10.2. The highest BCUT2D eigenvalue weighted by Crippen LogP contribution is 2.28. The van der Waals surface area contributed by atoms with Crippen molar-refractivity contribution in [3.63, 3.8) is 0 Å². The maximum atomic E-state index is 6.18. The first kappa shape index (κ1) is 14.1. The molecule has 0 bridgehead atoms. The van der Waals surface area contributed by atoms with Crippen LogP contribution in [0.25, 0.3) is 0 Å². The van der Waals surface area contributed by atoms with Crippen molar-refractivity contribution in [3.05, 3.63) is 41.0 Å². The lowest BCUT2D eigenvalue weighted by molar-refractivity contribution is 0.229. The molecule has 0 fully saturated rings. The van der Waals surface area contributed by atoms with Gasteiger partial charge in [0.05, 0.1) is 16.7 Å². The van der Waals surface area contributed by atoms with Crippen LogP contribution in [0.5, 0.6) is 11.6 Å². The van der Waals surface area contributed by atoms with Crippen molar-refractivity contribution in [3.8, 4) is 11.6 Å². The van der Waals surface area contributed by atoms with E-state index in [1.807, 2.05) is 32.0 Å². The van der Waals surface area contributed by atoms with Gasteiger partial charge in [-0.1, -0.05) is 17.7 Å². The molecule has 0 saturated carbocycles. The van der Waals surface area contributed by atoms with Crippen LogP contribution in [0, 0.1) is 0 Å². The van der Waals surface area contributed by atoms with Gasteiger partial charge in [-0.05, 0) is 38.8 Å². The van der Waals surface area contributed by atoms with Gasteiger partial charge in [0.2, 0.25) is 5.88 Å². The van der Waals surface area contributed by atoms with Gasteiger partial charge in [0.25, 0.3) is 0 Å². The summed E-state index contributed by atoms with van der Waals surface area (Å²) in [5, 5.41) is 4.64. The van der Waals surface area contributed by atoms with E-state index < -0.39 is 0 Å². The van der Waals surface area contributed by atoms with Gasteiger partial charge in [-0.2, -0.15) is 0 Å². The first-order valence-electron chi connectivity index (χ1n) is 5.88. The van der Waals surface area contributed by atoms with Crippen LogP contribution in [0.3, 0.4) is 0 Å². The molecule has 0 aliphatic heterocycles. The molecular formula is C13H15ClN2O2S. The lowest BCUT2D eigenvalue weighted by Crippen LogP contribution is -2.09. The third-order valence-electron chi connectivity index (χ3n) is 2.35. The smallest absolute Gasteiger partial charge is 0.234 e. The Morgan fingerprint density at radius 3 is 2.79 bits per heavy atom. The van der Waals surface area contributed by atoms with E-state index in [2.05, 4.69) is 17.9 Å². The summed E-state index contributed by atoms with van der Waals surface area (Å²) in [5.41, 5.74) is 0.812. The normalized spacial score (nSPS) is 10.8. The van der Waals surface area contributed by atoms with Crippen LogP contribution in [0.2, 0.25) is 5.02 Å². The molecule has 19 heavy (non-hydrogen) atoms. The molecule has 1 heterocycles. The van der Waals surface area contributed by atoms with E-state index >= 15 is 0 Å². The van der Waals surface area contributed by atoms with Crippen molar-refractivity contribution < 1.29 is 9.47 Å². The summed E-state index contributed by atoms with van der Waals surface area (Å²) < 4.78 is 12.7. The maximum absolute atomic E-state index is 6.18. The minimum atomic E-state index is 0.0777. The summed E-state index contributed by atoms with van der Waals surface area (Å²) in [7, 11) is 0. The van der Waals surface area contributed by atoms with E-state index in [4.69, 9.17) is 21.1 Å². The van der Waals surface area contributed by atoms with Crippen LogP contribution in [0.15, 0.2) is 30.5 Å². The van der Waals surface area contributed by atoms with Crippen molar-refractivity contribution >= 4 is 24.4 Å². The summed E-state index contributed by atoms with van der Waals surface area (Å²) in [4.78, 5) is 0. The fourth-order valence-corrected chi connectivity index (χ4v) is 1.94. The van der Waals surface area contributed by atoms with Gasteiger partial charge in [-0.3, -0.25) is 0 Å². The SMILES string of the molecule is CC(C)Oc1cccc(Cl)c1COc1ccn(S)n1. The van der Waals surface area contributed by atoms with Crippen LogP contribution in [-0.2, 0) is 6.61 Å². The van der Waals surface area contributed by atoms with Crippen molar-refractivity contribution in [2.45, 2.75) is 26.6 Å². The van der Waals surface area contributed by atoms with Gasteiger partial charge in [0.1, 0.15) is 12.4 Å². The zero-order valence-electron chi connectivity index (χ0n) is 10.7. The zero-order valence-corrected chi connectivity index (χ0v) is 12.4. The average Bonchev–Trinajstić information content (AvgIpc) is 2.73. The van der Waals surface area contributed by atoms with Crippen molar-refractivity contribution in [1.29, 1.82) is 0 Å². The molecule has 0 N–H and O–H groups in total. The van der Waals surface area contributed by atoms with Crippen molar-refractivity contribution in [1.82, 2.24) is 9.19 Å². The van der Waals surface area contributed by atoms with E-state index in [9.17, 15) is 0 Å². The monoisotopic (exact) mass is 298 g/mol. The largest absolute Gasteiger partial charge is 0.491 e. The van der Waals surface area contributed by atoms with Crippen molar-refractivity contribution in [2.24, 2.45) is 0 Å². The third kappa shape index (κ3) is 3.81. The van der Waals surface area contributed by atoms with Gasteiger partial charge >= 0.3 is 0 Å². The number of nitrogens with zero attached hydrogens (tertiary/aromatic N) is 2.